The Morgan fingerprint density at radius 3 is 3.10 bits per heavy atom. The maximum Gasteiger partial charge on any atom is 0.0584 e. The average Bonchev–Trinajstić information content (AvgIpc) is 2.59. The Bertz CT molecular complexity index is 94.2. The van der Waals surface area contributed by atoms with Crippen molar-refractivity contribution in [3.05, 3.63) is 0 Å². The highest BCUT2D eigenvalue weighted by Crippen LogP contribution is 2.27. The smallest absolute Gasteiger partial charge is 0.0584 e. The first-order chi connectivity index (χ1) is 4.97. The fraction of sp³-hybridized carbons (Fsp3) is 1.00. The summed E-state index contributed by atoms with van der Waals surface area (Å²) in [6.45, 7) is 3.14. The molecular formula is C7H13NOS. The zero-order valence-electron chi connectivity index (χ0n) is 6.01. The fourth-order valence-corrected chi connectivity index (χ4v) is 2.75. The van der Waals surface area contributed by atoms with E-state index in [2.05, 4.69) is 5.32 Å². The van der Waals surface area contributed by atoms with Crippen molar-refractivity contribution >= 4 is 11.8 Å². The van der Waals surface area contributed by atoms with Crippen LogP contribution in [-0.4, -0.2) is 30.9 Å². The molecule has 3 heteroatoms. The molecular weight excluding hydrogens is 146 g/mol. The Morgan fingerprint density at radius 2 is 2.50 bits per heavy atom. The molecule has 0 amide bonds. The van der Waals surface area contributed by atoms with Crippen LogP contribution in [0.15, 0.2) is 0 Å². The van der Waals surface area contributed by atoms with Gasteiger partial charge in [0.25, 0.3) is 0 Å². The Balaban J connectivity index is 1.85. The van der Waals surface area contributed by atoms with E-state index in [4.69, 9.17) is 4.74 Å². The van der Waals surface area contributed by atoms with Crippen molar-refractivity contribution in [2.45, 2.75) is 11.8 Å². The van der Waals surface area contributed by atoms with Gasteiger partial charge < -0.3 is 10.1 Å². The first-order valence-corrected chi connectivity index (χ1v) is 4.94. The molecule has 0 radical (unpaired) electrons. The van der Waals surface area contributed by atoms with Gasteiger partial charge in [-0.05, 0) is 6.42 Å². The third-order valence-corrected chi connectivity index (χ3v) is 3.49. The van der Waals surface area contributed by atoms with E-state index in [1.165, 1.54) is 18.7 Å². The Hall–Kier alpha value is 0.270. The normalized spacial score (nSPS) is 40.8. The predicted molar refractivity (Wildman–Crippen MR) is 43.2 cm³/mol. The van der Waals surface area contributed by atoms with Crippen molar-refractivity contribution in [2.24, 2.45) is 5.92 Å². The summed E-state index contributed by atoms with van der Waals surface area (Å²) in [6.07, 6.45) is 1.25. The second-order valence-corrected chi connectivity index (χ2v) is 4.12. The van der Waals surface area contributed by atoms with Gasteiger partial charge in [0.15, 0.2) is 0 Å². The van der Waals surface area contributed by atoms with E-state index in [9.17, 15) is 0 Å². The van der Waals surface area contributed by atoms with Gasteiger partial charge >= 0.3 is 0 Å². The molecule has 2 unspecified atom stereocenters. The van der Waals surface area contributed by atoms with E-state index in [-0.39, 0.29) is 0 Å². The molecule has 0 aromatic rings. The van der Waals surface area contributed by atoms with Gasteiger partial charge in [0.05, 0.1) is 12.0 Å². The summed E-state index contributed by atoms with van der Waals surface area (Å²) < 4.78 is 5.32. The number of hydrogen-bond donors (Lipinski definition) is 1. The highest BCUT2D eigenvalue weighted by molar-refractivity contribution is 8.00. The molecule has 10 heavy (non-hydrogen) atoms. The van der Waals surface area contributed by atoms with Crippen LogP contribution in [0.1, 0.15) is 6.42 Å². The van der Waals surface area contributed by atoms with Gasteiger partial charge in [-0.3, -0.25) is 0 Å². The summed E-state index contributed by atoms with van der Waals surface area (Å²) in [5, 5.41) is 4.18. The Morgan fingerprint density at radius 1 is 1.50 bits per heavy atom. The van der Waals surface area contributed by atoms with Crippen LogP contribution in [0, 0.1) is 5.92 Å². The van der Waals surface area contributed by atoms with Gasteiger partial charge in [0, 0.05) is 24.8 Å². The van der Waals surface area contributed by atoms with Crippen LogP contribution >= 0.6 is 11.8 Å². The average molecular weight is 159 g/mol. The van der Waals surface area contributed by atoms with Crippen molar-refractivity contribution in [3.8, 4) is 0 Å². The highest BCUT2D eigenvalue weighted by Gasteiger charge is 2.27. The van der Waals surface area contributed by atoms with Gasteiger partial charge in [-0.15, -0.1) is 11.8 Å². The molecule has 1 N–H and O–H groups in total. The van der Waals surface area contributed by atoms with Crippen LogP contribution < -0.4 is 5.32 Å². The molecule has 2 aliphatic rings. The Labute approximate surface area is 65.7 Å². The van der Waals surface area contributed by atoms with Gasteiger partial charge in [-0.2, -0.15) is 0 Å². The predicted octanol–water partition coefficient (Wildman–Crippen LogP) is 0.685. The standard InChI is InChI=1S/C7H13NOS/c1-3-9-5-6(1)7-8-2-4-10-7/h6-8H,1-5H2. The topological polar surface area (TPSA) is 21.3 Å². The van der Waals surface area contributed by atoms with E-state index in [0.717, 1.165) is 19.1 Å². The summed E-state index contributed by atoms with van der Waals surface area (Å²) in [5.41, 5.74) is 0. The van der Waals surface area contributed by atoms with E-state index in [1.807, 2.05) is 11.8 Å². The molecule has 2 rings (SSSR count). The fourth-order valence-electron chi connectivity index (χ4n) is 1.54. The van der Waals surface area contributed by atoms with Crippen molar-refractivity contribution in [3.63, 3.8) is 0 Å². The molecule has 2 fully saturated rings. The van der Waals surface area contributed by atoms with Gasteiger partial charge in [0.2, 0.25) is 0 Å². The molecule has 0 aromatic heterocycles. The monoisotopic (exact) mass is 159 g/mol. The molecule has 2 nitrogen and oxygen atoms in total. The number of hydrogen-bond acceptors (Lipinski definition) is 3. The number of nitrogens with one attached hydrogen (secondary N) is 1. The lowest BCUT2D eigenvalue weighted by Gasteiger charge is -2.14. The number of rotatable bonds is 1. The minimum atomic E-state index is 0.697. The summed E-state index contributed by atoms with van der Waals surface area (Å²) in [5.74, 6) is 2.06. The quantitative estimate of drug-likeness (QED) is 0.608. The molecule has 2 heterocycles. The van der Waals surface area contributed by atoms with Crippen LogP contribution in [0.2, 0.25) is 0 Å². The minimum Gasteiger partial charge on any atom is -0.381 e. The summed E-state index contributed by atoms with van der Waals surface area (Å²) in [4.78, 5) is 0. The maximum absolute atomic E-state index is 5.32. The molecule has 58 valence electrons. The van der Waals surface area contributed by atoms with Crippen molar-refractivity contribution in [2.75, 3.05) is 25.5 Å². The second-order valence-electron chi connectivity index (χ2n) is 2.87. The first kappa shape index (κ1) is 6.95. The first-order valence-electron chi connectivity index (χ1n) is 3.89. The summed E-state index contributed by atoms with van der Waals surface area (Å²) >= 11 is 2.05. The number of ether oxygens (including phenoxy) is 1. The zero-order valence-corrected chi connectivity index (χ0v) is 6.82. The highest BCUT2D eigenvalue weighted by atomic mass is 32.2. The van der Waals surface area contributed by atoms with Crippen molar-refractivity contribution in [1.29, 1.82) is 0 Å². The van der Waals surface area contributed by atoms with Crippen LogP contribution in [0.4, 0.5) is 0 Å². The van der Waals surface area contributed by atoms with E-state index >= 15 is 0 Å². The van der Waals surface area contributed by atoms with Gasteiger partial charge in [0.1, 0.15) is 0 Å². The molecule has 2 saturated heterocycles. The van der Waals surface area contributed by atoms with Crippen LogP contribution in [0.25, 0.3) is 0 Å². The van der Waals surface area contributed by atoms with Crippen LogP contribution in [0.3, 0.4) is 0 Å². The number of thioether (sulfide) groups is 1. The SMILES string of the molecule is C1CSC(C2CCOC2)N1. The third kappa shape index (κ3) is 1.31. The molecule has 2 aliphatic heterocycles. The van der Waals surface area contributed by atoms with E-state index in [0.29, 0.717) is 5.37 Å². The lowest BCUT2D eigenvalue weighted by Crippen LogP contribution is -2.28. The molecule has 2 atom stereocenters. The lowest BCUT2D eigenvalue weighted by molar-refractivity contribution is 0.184. The molecule has 0 aliphatic carbocycles. The zero-order chi connectivity index (χ0) is 6.81. The molecule has 0 spiro atoms. The van der Waals surface area contributed by atoms with E-state index < -0.39 is 0 Å². The molecule has 0 aromatic carbocycles. The maximum atomic E-state index is 5.32. The van der Waals surface area contributed by atoms with Crippen LogP contribution in [-0.2, 0) is 4.74 Å². The largest absolute Gasteiger partial charge is 0.381 e. The van der Waals surface area contributed by atoms with Gasteiger partial charge in [-0.1, -0.05) is 0 Å². The van der Waals surface area contributed by atoms with Crippen LogP contribution in [0.5, 0.6) is 0 Å². The lowest BCUT2D eigenvalue weighted by atomic mass is 10.1. The molecule has 0 bridgehead atoms. The Kier molecular flexibility index (Phi) is 2.16. The summed E-state index contributed by atoms with van der Waals surface area (Å²) in [6, 6.07) is 0. The minimum absolute atomic E-state index is 0.697. The van der Waals surface area contributed by atoms with Crippen molar-refractivity contribution < 1.29 is 4.74 Å². The van der Waals surface area contributed by atoms with Crippen molar-refractivity contribution in [1.82, 2.24) is 5.32 Å². The van der Waals surface area contributed by atoms with Gasteiger partial charge in [-0.25, -0.2) is 0 Å². The third-order valence-electron chi connectivity index (χ3n) is 2.14. The summed E-state index contributed by atoms with van der Waals surface area (Å²) in [7, 11) is 0. The van der Waals surface area contributed by atoms with E-state index in [1.54, 1.807) is 0 Å². The second kappa shape index (κ2) is 3.11. The molecule has 0 saturated carbocycles.